The smallest absolute Gasteiger partial charge is 0.306 e. The number of unbranched alkanes of at least 4 members (excludes halogenated alkanes) is 37. The molecule has 6 nitrogen and oxygen atoms in total. The third-order valence-electron chi connectivity index (χ3n) is 14.0. The van der Waals surface area contributed by atoms with Crippen molar-refractivity contribution < 1.29 is 28.6 Å². The molecule has 0 bridgehead atoms. The molecule has 6 heteroatoms. The van der Waals surface area contributed by atoms with Gasteiger partial charge in [-0.25, -0.2) is 0 Å². The molecule has 0 N–H and O–H groups in total. The van der Waals surface area contributed by atoms with Crippen molar-refractivity contribution in [1.82, 2.24) is 0 Å². The standard InChI is InChI=1S/C67H120O6/c1-4-7-10-13-16-19-22-25-27-29-31-33-35-37-39-42-45-48-51-54-57-60-66(69)72-63-64(62-71-65(68)59-56-53-50-47-44-41-24-21-18-15-12-9-6-3)73-67(70)61-58-55-52-49-46-43-40-38-36-34-32-30-28-26-23-20-17-14-11-8-5-2/h7,10,16,19,25,27,31,33,37,39,64H,4-6,8-9,11-15,17-18,20-24,26,28-30,32,34-36,38,40-63H2,1-3H3/b10-7-,19-16-,27-25-,33-31-,39-37-. The third kappa shape index (κ3) is 59.9. The van der Waals surface area contributed by atoms with Crippen LogP contribution in [0.4, 0.5) is 0 Å². The van der Waals surface area contributed by atoms with Gasteiger partial charge in [0.25, 0.3) is 0 Å². The molecule has 0 spiro atoms. The average Bonchev–Trinajstić information content (AvgIpc) is 3.39. The van der Waals surface area contributed by atoms with E-state index in [0.717, 1.165) is 109 Å². The largest absolute Gasteiger partial charge is 0.462 e. The molecule has 0 heterocycles. The summed E-state index contributed by atoms with van der Waals surface area (Å²) in [7, 11) is 0. The summed E-state index contributed by atoms with van der Waals surface area (Å²) >= 11 is 0. The molecule has 0 aromatic rings. The summed E-state index contributed by atoms with van der Waals surface area (Å²) in [6.45, 7) is 6.56. The van der Waals surface area contributed by atoms with Crippen molar-refractivity contribution in [2.75, 3.05) is 13.2 Å². The molecular formula is C67H120O6. The van der Waals surface area contributed by atoms with Crippen LogP contribution < -0.4 is 0 Å². The second-order valence-electron chi connectivity index (χ2n) is 21.3. The average molecular weight is 1020 g/mol. The lowest BCUT2D eigenvalue weighted by atomic mass is 10.0. The summed E-state index contributed by atoms with van der Waals surface area (Å²) in [6.07, 6.45) is 77.9. The fourth-order valence-corrected chi connectivity index (χ4v) is 9.30. The first kappa shape index (κ1) is 70.1. The van der Waals surface area contributed by atoms with E-state index in [-0.39, 0.29) is 31.1 Å². The van der Waals surface area contributed by atoms with Gasteiger partial charge in [-0.3, -0.25) is 14.4 Å². The molecule has 1 atom stereocenters. The molecule has 0 amide bonds. The quantitative estimate of drug-likeness (QED) is 0.0261. The first-order valence-electron chi connectivity index (χ1n) is 31.8. The number of rotatable bonds is 58. The summed E-state index contributed by atoms with van der Waals surface area (Å²) in [6, 6.07) is 0. The lowest BCUT2D eigenvalue weighted by Gasteiger charge is -2.18. The summed E-state index contributed by atoms with van der Waals surface area (Å²) < 4.78 is 16.9. The van der Waals surface area contributed by atoms with Gasteiger partial charge in [-0.2, -0.15) is 0 Å². The Bertz CT molecular complexity index is 1310. The fourth-order valence-electron chi connectivity index (χ4n) is 9.30. The summed E-state index contributed by atoms with van der Waals surface area (Å²) in [5.74, 6) is -0.875. The van der Waals surface area contributed by atoms with Gasteiger partial charge in [-0.05, 0) is 64.2 Å². The highest BCUT2D eigenvalue weighted by molar-refractivity contribution is 5.71. The van der Waals surface area contributed by atoms with Crippen LogP contribution in [0.15, 0.2) is 60.8 Å². The van der Waals surface area contributed by atoms with Crippen LogP contribution in [0.3, 0.4) is 0 Å². The van der Waals surface area contributed by atoms with Crippen LogP contribution in [0.25, 0.3) is 0 Å². The van der Waals surface area contributed by atoms with E-state index in [2.05, 4.69) is 81.5 Å². The van der Waals surface area contributed by atoms with Crippen LogP contribution in [0.5, 0.6) is 0 Å². The van der Waals surface area contributed by atoms with Crippen LogP contribution >= 0.6 is 0 Å². The Balaban J connectivity index is 4.34. The van der Waals surface area contributed by atoms with E-state index >= 15 is 0 Å². The minimum atomic E-state index is -0.780. The highest BCUT2D eigenvalue weighted by Gasteiger charge is 2.19. The second kappa shape index (κ2) is 61.7. The molecular weight excluding hydrogens is 901 g/mol. The zero-order valence-electron chi connectivity index (χ0n) is 48.7. The van der Waals surface area contributed by atoms with Crippen LogP contribution in [0, 0.1) is 0 Å². The Morgan fingerprint density at radius 2 is 0.534 bits per heavy atom. The van der Waals surface area contributed by atoms with Gasteiger partial charge in [0.1, 0.15) is 13.2 Å². The molecule has 0 saturated carbocycles. The highest BCUT2D eigenvalue weighted by atomic mass is 16.6. The van der Waals surface area contributed by atoms with E-state index in [0.29, 0.717) is 19.3 Å². The van der Waals surface area contributed by atoms with Gasteiger partial charge in [0, 0.05) is 19.3 Å². The number of hydrogen-bond acceptors (Lipinski definition) is 6. The van der Waals surface area contributed by atoms with Gasteiger partial charge in [-0.15, -0.1) is 0 Å². The van der Waals surface area contributed by atoms with E-state index in [1.807, 2.05) is 0 Å². The minimum absolute atomic E-state index is 0.0759. The van der Waals surface area contributed by atoms with E-state index < -0.39 is 6.10 Å². The maximum Gasteiger partial charge on any atom is 0.306 e. The molecule has 0 fully saturated rings. The predicted octanol–water partition coefficient (Wildman–Crippen LogP) is 21.6. The summed E-state index contributed by atoms with van der Waals surface area (Å²) in [4.78, 5) is 38.3. The van der Waals surface area contributed by atoms with Crippen molar-refractivity contribution in [2.24, 2.45) is 0 Å². The first-order chi connectivity index (χ1) is 36.0. The minimum Gasteiger partial charge on any atom is -0.462 e. The van der Waals surface area contributed by atoms with Crippen LogP contribution in [0.2, 0.25) is 0 Å². The normalized spacial score (nSPS) is 12.4. The van der Waals surface area contributed by atoms with Gasteiger partial charge in [0.05, 0.1) is 0 Å². The van der Waals surface area contributed by atoms with Crippen molar-refractivity contribution in [3.05, 3.63) is 60.8 Å². The van der Waals surface area contributed by atoms with Crippen molar-refractivity contribution in [1.29, 1.82) is 0 Å². The maximum absolute atomic E-state index is 12.9. The Labute approximate surface area is 453 Å². The fraction of sp³-hybridized carbons (Fsp3) is 0.806. The zero-order chi connectivity index (χ0) is 52.9. The first-order valence-corrected chi connectivity index (χ1v) is 31.8. The Kier molecular flexibility index (Phi) is 59.2. The molecule has 73 heavy (non-hydrogen) atoms. The van der Waals surface area contributed by atoms with Gasteiger partial charge in [0.15, 0.2) is 6.10 Å². The Hall–Kier alpha value is -2.89. The number of hydrogen-bond donors (Lipinski definition) is 0. The van der Waals surface area contributed by atoms with E-state index in [4.69, 9.17) is 14.2 Å². The lowest BCUT2D eigenvalue weighted by molar-refractivity contribution is -0.167. The summed E-state index contributed by atoms with van der Waals surface area (Å²) in [5.41, 5.74) is 0. The van der Waals surface area contributed by atoms with Gasteiger partial charge < -0.3 is 14.2 Å². The number of allylic oxidation sites excluding steroid dienone is 10. The van der Waals surface area contributed by atoms with Crippen LogP contribution in [0.1, 0.15) is 329 Å². The van der Waals surface area contributed by atoms with Crippen molar-refractivity contribution >= 4 is 17.9 Å². The number of carbonyl (C=O) groups excluding carboxylic acids is 3. The van der Waals surface area contributed by atoms with Gasteiger partial charge in [0.2, 0.25) is 0 Å². The second-order valence-corrected chi connectivity index (χ2v) is 21.3. The topological polar surface area (TPSA) is 78.9 Å². The van der Waals surface area contributed by atoms with Gasteiger partial charge in [-0.1, -0.05) is 306 Å². The lowest BCUT2D eigenvalue weighted by Crippen LogP contribution is -2.30. The SMILES string of the molecule is CC/C=C\C/C=C\C/C=C\C/C=C\C/C=C\CCCCCCCC(=O)OCC(COC(=O)CCCCCCCCCCCCCCC)OC(=O)CCCCCCCCCCCCCCCCCCCCCCC. The van der Waals surface area contributed by atoms with E-state index in [9.17, 15) is 14.4 Å². The van der Waals surface area contributed by atoms with Gasteiger partial charge >= 0.3 is 17.9 Å². The molecule has 0 rings (SSSR count). The van der Waals surface area contributed by atoms with Crippen LogP contribution in [-0.2, 0) is 28.6 Å². The monoisotopic (exact) mass is 1020 g/mol. The Morgan fingerprint density at radius 1 is 0.288 bits per heavy atom. The number of carbonyl (C=O) groups is 3. The Morgan fingerprint density at radius 3 is 0.836 bits per heavy atom. The molecule has 0 aliphatic carbocycles. The molecule has 1 unspecified atom stereocenters. The van der Waals surface area contributed by atoms with Crippen molar-refractivity contribution in [2.45, 2.75) is 335 Å². The highest BCUT2D eigenvalue weighted by Crippen LogP contribution is 2.17. The van der Waals surface area contributed by atoms with E-state index in [1.165, 1.54) is 180 Å². The number of esters is 3. The summed E-state index contributed by atoms with van der Waals surface area (Å²) in [5, 5.41) is 0. The molecule has 0 aliphatic rings. The molecule has 0 saturated heterocycles. The zero-order valence-corrected chi connectivity index (χ0v) is 48.7. The molecule has 0 aromatic heterocycles. The number of ether oxygens (including phenoxy) is 3. The third-order valence-corrected chi connectivity index (χ3v) is 14.0. The molecule has 0 aliphatic heterocycles. The molecule has 0 radical (unpaired) electrons. The van der Waals surface area contributed by atoms with E-state index in [1.54, 1.807) is 0 Å². The van der Waals surface area contributed by atoms with Crippen molar-refractivity contribution in [3.8, 4) is 0 Å². The predicted molar refractivity (Wildman–Crippen MR) is 316 cm³/mol. The van der Waals surface area contributed by atoms with Crippen LogP contribution in [-0.4, -0.2) is 37.2 Å². The van der Waals surface area contributed by atoms with Crippen molar-refractivity contribution in [3.63, 3.8) is 0 Å². The molecule has 424 valence electrons. The molecule has 0 aromatic carbocycles. The maximum atomic E-state index is 12.9.